The van der Waals surface area contributed by atoms with Crippen LogP contribution in [0.15, 0.2) is 18.2 Å². The minimum atomic E-state index is 0.476. The van der Waals surface area contributed by atoms with Gasteiger partial charge in [-0.3, -0.25) is 0 Å². The predicted molar refractivity (Wildman–Crippen MR) is 59.3 cm³/mol. The molecule has 0 amide bonds. The number of hydrogen-bond donors (Lipinski definition) is 2. The molecule has 0 saturated heterocycles. The first-order valence-electron chi connectivity index (χ1n) is 4.47. The summed E-state index contributed by atoms with van der Waals surface area (Å²) in [5, 5.41) is 4.75. The molecule has 14 heavy (non-hydrogen) atoms. The average Bonchev–Trinajstić information content (AvgIpc) is 2.14. The highest BCUT2D eigenvalue weighted by Gasteiger charge is 2.06. The van der Waals surface area contributed by atoms with Crippen LogP contribution in [0, 0.1) is 6.92 Å². The Bertz CT molecular complexity index is 299. The van der Waals surface area contributed by atoms with Crippen LogP contribution in [0.1, 0.15) is 5.56 Å². The highest BCUT2D eigenvalue weighted by Crippen LogP contribution is 2.26. The average molecular weight is 195 g/mol. The Morgan fingerprint density at radius 3 is 2.79 bits per heavy atom. The molecule has 1 aromatic rings. The molecule has 0 atom stereocenters. The maximum Gasteiger partial charge on any atom is 0.116 e. The van der Waals surface area contributed by atoms with Gasteiger partial charge < -0.3 is 15.1 Å². The summed E-state index contributed by atoms with van der Waals surface area (Å²) in [5.41, 5.74) is 3.11. The lowest BCUT2D eigenvalue weighted by Crippen LogP contribution is -2.27. The van der Waals surface area contributed by atoms with Gasteiger partial charge in [-0.1, -0.05) is 12.1 Å². The number of rotatable bonds is 4. The van der Waals surface area contributed by atoms with Crippen molar-refractivity contribution in [1.29, 1.82) is 0 Å². The summed E-state index contributed by atoms with van der Waals surface area (Å²) < 4.78 is 4.95. The monoisotopic (exact) mass is 195 g/mol. The first kappa shape index (κ1) is 10.8. The van der Waals surface area contributed by atoms with Crippen molar-refractivity contribution in [3.63, 3.8) is 0 Å². The van der Waals surface area contributed by atoms with Crippen molar-refractivity contribution in [2.24, 2.45) is 5.84 Å². The van der Waals surface area contributed by atoms with Crippen LogP contribution in [-0.2, 0) is 4.74 Å². The lowest BCUT2D eigenvalue weighted by Gasteiger charge is -2.20. The standard InChI is InChI=1S/C10H17N3O/c1-8-5-4-6-9(12-7-14-3)10(8)13(2)11/h4-6,12H,7,11H2,1-3H3. The molecule has 0 unspecified atom stereocenters. The minimum Gasteiger partial charge on any atom is -0.365 e. The Morgan fingerprint density at radius 2 is 2.21 bits per heavy atom. The van der Waals surface area contributed by atoms with Crippen molar-refractivity contribution in [3.8, 4) is 0 Å². The SMILES string of the molecule is COCNc1cccc(C)c1N(C)N. The summed E-state index contributed by atoms with van der Waals surface area (Å²) in [6.45, 7) is 2.50. The maximum atomic E-state index is 5.74. The maximum absolute atomic E-state index is 5.74. The molecule has 4 nitrogen and oxygen atoms in total. The van der Waals surface area contributed by atoms with E-state index in [1.54, 1.807) is 12.1 Å². The second-order valence-electron chi connectivity index (χ2n) is 3.19. The van der Waals surface area contributed by atoms with Crippen LogP contribution >= 0.6 is 0 Å². The molecule has 3 N–H and O–H groups in total. The number of anilines is 2. The van der Waals surface area contributed by atoms with Crippen LogP contribution < -0.4 is 16.2 Å². The van der Waals surface area contributed by atoms with Crippen molar-refractivity contribution in [1.82, 2.24) is 0 Å². The van der Waals surface area contributed by atoms with Crippen LogP contribution in [0.3, 0.4) is 0 Å². The number of benzene rings is 1. The smallest absolute Gasteiger partial charge is 0.116 e. The van der Waals surface area contributed by atoms with E-state index in [0.717, 1.165) is 16.9 Å². The Labute approximate surface area is 84.6 Å². The third-order valence-corrected chi connectivity index (χ3v) is 2.00. The number of ether oxygens (including phenoxy) is 1. The molecule has 0 aromatic heterocycles. The van der Waals surface area contributed by atoms with E-state index in [2.05, 4.69) is 5.32 Å². The fourth-order valence-electron chi connectivity index (χ4n) is 1.42. The Hall–Kier alpha value is -1.26. The van der Waals surface area contributed by atoms with Crippen molar-refractivity contribution in [2.45, 2.75) is 6.92 Å². The Balaban J connectivity index is 2.96. The number of hydrogen-bond acceptors (Lipinski definition) is 4. The molecule has 0 aliphatic rings. The fraction of sp³-hybridized carbons (Fsp3) is 0.400. The zero-order chi connectivity index (χ0) is 10.6. The normalized spacial score (nSPS) is 10.0. The van der Waals surface area contributed by atoms with Gasteiger partial charge in [-0.05, 0) is 18.6 Å². The minimum absolute atomic E-state index is 0.476. The van der Waals surface area contributed by atoms with E-state index in [1.807, 2.05) is 32.2 Å². The van der Waals surface area contributed by atoms with Crippen molar-refractivity contribution in [3.05, 3.63) is 23.8 Å². The molecule has 0 bridgehead atoms. The Kier molecular flexibility index (Phi) is 3.73. The van der Waals surface area contributed by atoms with Crippen LogP contribution in [-0.4, -0.2) is 20.9 Å². The number of nitrogens with zero attached hydrogens (tertiary/aromatic N) is 1. The molecular formula is C10H17N3O. The van der Waals surface area contributed by atoms with Gasteiger partial charge in [-0.25, -0.2) is 5.84 Å². The predicted octanol–water partition coefficient (Wildman–Crippen LogP) is 1.32. The van der Waals surface area contributed by atoms with Gasteiger partial charge in [-0.2, -0.15) is 0 Å². The fourth-order valence-corrected chi connectivity index (χ4v) is 1.42. The molecule has 1 aromatic carbocycles. The number of aryl methyl sites for hydroxylation is 1. The lowest BCUT2D eigenvalue weighted by atomic mass is 10.1. The van der Waals surface area contributed by atoms with Crippen molar-refractivity contribution < 1.29 is 4.74 Å². The summed E-state index contributed by atoms with van der Waals surface area (Å²) in [7, 11) is 3.47. The molecule has 0 aliphatic heterocycles. The molecular weight excluding hydrogens is 178 g/mol. The Morgan fingerprint density at radius 1 is 1.50 bits per heavy atom. The number of para-hydroxylation sites is 1. The number of hydrazine groups is 1. The summed E-state index contributed by atoms with van der Waals surface area (Å²) in [6.07, 6.45) is 0. The van der Waals surface area contributed by atoms with E-state index in [9.17, 15) is 0 Å². The van der Waals surface area contributed by atoms with Crippen molar-refractivity contribution in [2.75, 3.05) is 31.2 Å². The van der Waals surface area contributed by atoms with Gasteiger partial charge in [0, 0.05) is 14.2 Å². The topological polar surface area (TPSA) is 50.5 Å². The highest BCUT2D eigenvalue weighted by molar-refractivity contribution is 5.72. The quantitative estimate of drug-likeness (QED) is 0.432. The molecule has 0 saturated carbocycles. The molecule has 0 heterocycles. The number of nitrogens with two attached hydrogens (primary N) is 1. The second kappa shape index (κ2) is 4.83. The van der Waals surface area contributed by atoms with Gasteiger partial charge in [0.15, 0.2) is 0 Å². The summed E-state index contributed by atoms with van der Waals surface area (Å²) in [4.78, 5) is 0. The molecule has 0 fully saturated rings. The van der Waals surface area contributed by atoms with Crippen LogP contribution in [0.25, 0.3) is 0 Å². The molecule has 1 rings (SSSR count). The van der Waals surface area contributed by atoms with Gasteiger partial charge in [-0.15, -0.1) is 0 Å². The van der Waals surface area contributed by atoms with Crippen LogP contribution in [0.4, 0.5) is 11.4 Å². The summed E-state index contributed by atoms with van der Waals surface area (Å²) in [5.74, 6) is 5.74. The van der Waals surface area contributed by atoms with Crippen LogP contribution in [0.5, 0.6) is 0 Å². The van der Waals surface area contributed by atoms with Crippen molar-refractivity contribution >= 4 is 11.4 Å². The summed E-state index contributed by atoms with van der Waals surface area (Å²) >= 11 is 0. The van der Waals surface area contributed by atoms with E-state index >= 15 is 0 Å². The van der Waals surface area contributed by atoms with E-state index in [4.69, 9.17) is 10.6 Å². The zero-order valence-electron chi connectivity index (χ0n) is 8.87. The number of nitrogens with one attached hydrogen (secondary N) is 1. The highest BCUT2D eigenvalue weighted by atomic mass is 16.5. The van der Waals surface area contributed by atoms with E-state index in [1.165, 1.54) is 0 Å². The third kappa shape index (κ3) is 2.37. The van der Waals surface area contributed by atoms with Gasteiger partial charge >= 0.3 is 0 Å². The van der Waals surface area contributed by atoms with Gasteiger partial charge in [0.25, 0.3) is 0 Å². The van der Waals surface area contributed by atoms with Gasteiger partial charge in [0.05, 0.1) is 11.4 Å². The molecule has 4 heteroatoms. The molecule has 0 aliphatic carbocycles. The number of methoxy groups -OCH3 is 1. The van der Waals surface area contributed by atoms with Gasteiger partial charge in [0.2, 0.25) is 0 Å². The van der Waals surface area contributed by atoms with E-state index < -0.39 is 0 Å². The largest absolute Gasteiger partial charge is 0.365 e. The van der Waals surface area contributed by atoms with E-state index in [0.29, 0.717) is 6.73 Å². The lowest BCUT2D eigenvalue weighted by molar-refractivity contribution is 0.221. The molecule has 0 spiro atoms. The zero-order valence-corrected chi connectivity index (χ0v) is 8.87. The molecule has 78 valence electrons. The first-order valence-corrected chi connectivity index (χ1v) is 4.47. The second-order valence-corrected chi connectivity index (χ2v) is 3.19. The molecule has 0 radical (unpaired) electrons. The summed E-state index contributed by atoms with van der Waals surface area (Å²) in [6, 6.07) is 5.99. The van der Waals surface area contributed by atoms with Gasteiger partial charge in [0.1, 0.15) is 6.73 Å². The van der Waals surface area contributed by atoms with E-state index in [-0.39, 0.29) is 0 Å². The third-order valence-electron chi connectivity index (χ3n) is 2.00. The first-order chi connectivity index (χ1) is 6.66. The van der Waals surface area contributed by atoms with Crippen LogP contribution in [0.2, 0.25) is 0 Å².